The third kappa shape index (κ3) is 1.36. The fourth-order valence-electron chi connectivity index (χ4n) is 6.85. The maximum absolute atomic E-state index is 12.4. The number of fused-ring (bicyclic) bond motifs is 4. The molecule has 4 heteroatoms. The Balaban J connectivity index is 1.49. The lowest BCUT2D eigenvalue weighted by molar-refractivity contribution is -0.133. The molecule has 0 radical (unpaired) electrons. The Hall–Kier alpha value is -0.410. The van der Waals surface area contributed by atoms with Crippen molar-refractivity contribution in [1.82, 2.24) is 0 Å². The molecule has 0 aromatic heterocycles. The fourth-order valence-corrected chi connectivity index (χ4v) is 7.32. The summed E-state index contributed by atoms with van der Waals surface area (Å²) in [4.78, 5) is 24.5. The topological polar surface area (TPSA) is 46.7 Å². The maximum Gasteiger partial charge on any atom is 0.230 e. The molecule has 0 amide bonds. The van der Waals surface area contributed by atoms with Crippen molar-refractivity contribution < 1.29 is 14.3 Å². The zero-order chi connectivity index (χ0) is 15.3. The molecular formula is C18H23ClO3. The number of alkyl halides is 1. The minimum Gasteiger partial charge on any atom is -0.338 e. The smallest absolute Gasteiger partial charge is 0.230 e. The van der Waals surface area contributed by atoms with Crippen LogP contribution in [0.15, 0.2) is 0 Å². The van der Waals surface area contributed by atoms with Crippen LogP contribution in [-0.4, -0.2) is 22.2 Å². The second kappa shape index (κ2) is 3.97. The lowest BCUT2D eigenvalue weighted by atomic mass is 9.50. The molecule has 0 aromatic carbocycles. The number of carbonyl (C=O) groups excluding carboxylic acids is 2. The normalized spacial score (nSPS) is 59.4. The molecule has 1 saturated heterocycles. The average molecular weight is 323 g/mol. The Bertz CT molecular complexity index is 589. The van der Waals surface area contributed by atoms with E-state index in [1.54, 1.807) is 0 Å². The van der Waals surface area contributed by atoms with E-state index < -0.39 is 5.06 Å². The van der Waals surface area contributed by atoms with E-state index in [4.69, 9.17) is 16.3 Å². The molecule has 5 aliphatic rings. The molecule has 1 spiro atoms. The number of carbonyl (C=O) groups is 2. The van der Waals surface area contributed by atoms with E-state index >= 15 is 0 Å². The molecule has 120 valence electrons. The van der Waals surface area contributed by atoms with Gasteiger partial charge in [0.05, 0.1) is 0 Å². The monoisotopic (exact) mass is 322 g/mol. The number of halogens is 1. The van der Waals surface area contributed by atoms with Crippen LogP contribution in [0.3, 0.4) is 0 Å². The molecule has 22 heavy (non-hydrogen) atoms. The van der Waals surface area contributed by atoms with Crippen molar-refractivity contribution in [3.05, 3.63) is 0 Å². The highest BCUT2D eigenvalue weighted by atomic mass is 35.5. The van der Waals surface area contributed by atoms with Gasteiger partial charge in [0.25, 0.3) is 0 Å². The van der Waals surface area contributed by atoms with Gasteiger partial charge in [0, 0.05) is 18.3 Å². The zero-order valence-corrected chi connectivity index (χ0v) is 13.8. The van der Waals surface area contributed by atoms with E-state index in [0.717, 1.165) is 44.9 Å². The van der Waals surface area contributed by atoms with Gasteiger partial charge in [-0.1, -0.05) is 18.5 Å². The van der Waals surface area contributed by atoms with E-state index in [-0.39, 0.29) is 16.8 Å². The standard InChI is InChI=1S/C18H23ClO3/c1-16-8-6-11-10(12(16)2-4-14(16)20)7-9-17-13(11)3-5-15(21)18(17,19)22-17/h10-13H,2-9H2,1H3/t10-,11+,12+,13-,16+,17-,18+/m1/s1. The van der Waals surface area contributed by atoms with Crippen LogP contribution in [0.2, 0.25) is 0 Å². The number of hydrogen-bond donors (Lipinski definition) is 0. The third-order valence-corrected chi connectivity index (χ3v) is 8.64. The van der Waals surface area contributed by atoms with Crippen molar-refractivity contribution in [2.24, 2.45) is 29.1 Å². The van der Waals surface area contributed by atoms with Gasteiger partial charge in [-0.05, 0) is 62.2 Å². The van der Waals surface area contributed by atoms with Crippen molar-refractivity contribution in [3.8, 4) is 0 Å². The molecule has 0 unspecified atom stereocenters. The maximum atomic E-state index is 12.4. The first-order valence-corrected chi connectivity index (χ1v) is 9.26. The molecule has 5 rings (SSSR count). The van der Waals surface area contributed by atoms with Crippen molar-refractivity contribution in [2.45, 2.75) is 69.0 Å². The molecule has 5 fully saturated rings. The second-order valence-corrected chi connectivity index (χ2v) is 9.08. The van der Waals surface area contributed by atoms with Gasteiger partial charge in [0.2, 0.25) is 5.06 Å². The van der Waals surface area contributed by atoms with Crippen LogP contribution in [0.1, 0.15) is 58.3 Å². The molecule has 3 nitrogen and oxygen atoms in total. The van der Waals surface area contributed by atoms with Crippen LogP contribution < -0.4 is 0 Å². The van der Waals surface area contributed by atoms with E-state index in [1.807, 2.05) is 0 Å². The summed E-state index contributed by atoms with van der Waals surface area (Å²) < 4.78 is 5.92. The van der Waals surface area contributed by atoms with Crippen molar-refractivity contribution in [1.29, 1.82) is 0 Å². The second-order valence-electron chi connectivity index (χ2n) is 8.55. The summed E-state index contributed by atoms with van der Waals surface area (Å²) in [6, 6.07) is 0. The van der Waals surface area contributed by atoms with Gasteiger partial charge < -0.3 is 4.74 Å². The van der Waals surface area contributed by atoms with Gasteiger partial charge in [-0.25, -0.2) is 0 Å². The first-order valence-electron chi connectivity index (χ1n) is 8.88. The van der Waals surface area contributed by atoms with Crippen molar-refractivity contribution in [3.63, 3.8) is 0 Å². The van der Waals surface area contributed by atoms with Crippen LogP contribution in [0.25, 0.3) is 0 Å². The first kappa shape index (κ1) is 14.0. The van der Waals surface area contributed by atoms with E-state index in [9.17, 15) is 9.59 Å². The van der Waals surface area contributed by atoms with Gasteiger partial charge in [-0.2, -0.15) is 0 Å². The van der Waals surface area contributed by atoms with Crippen LogP contribution in [-0.2, 0) is 14.3 Å². The Morgan fingerprint density at radius 1 is 0.955 bits per heavy atom. The minimum absolute atomic E-state index is 0.0708. The Morgan fingerprint density at radius 2 is 1.59 bits per heavy atom. The van der Waals surface area contributed by atoms with Gasteiger partial charge in [0.1, 0.15) is 11.4 Å². The Morgan fingerprint density at radius 3 is 2.41 bits per heavy atom. The fraction of sp³-hybridized carbons (Fsp3) is 0.889. The summed E-state index contributed by atoms with van der Waals surface area (Å²) in [7, 11) is 0. The predicted molar refractivity (Wildman–Crippen MR) is 81.4 cm³/mol. The van der Waals surface area contributed by atoms with E-state index in [0.29, 0.717) is 35.9 Å². The summed E-state index contributed by atoms with van der Waals surface area (Å²) >= 11 is 6.53. The van der Waals surface area contributed by atoms with Crippen molar-refractivity contribution in [2.75, 3.05) is 0 Å². The Kier molecular flexibility index (Phi) is 2.52. The SMILES string of the molecule is C[C@]12CC[C@H]3[C@@H](CC[C@]45O[C@@]4(Cl)C(=O)CC[C@H]35)[C@@H]1CCC2=O. The molecule has 4 aliphatic carbocycles. The first-order chi connectivity index (χ1) is 10.4. The molecule has 7 atom stereocenters. The summed E-state index contributed by atoms with van der Waals surface area (Å²) in [6.07, 6.45) is 7.47. The van der Waals surface area contributed by atoms with Crippen LogP contribution >= 0.6 is 11.6 Å². The number of hydrogen-bond acceptors (Lipinski definition) is 3. The van der Waals surface area contributed by atoms with Gasteiger partial charge in [0.15, 0.2) is 5.78 Å². The summed E-state index contributed by atoms with van der Waals surface area (Å²) in [6.45, 7) is 2.21. The largest absolute Gasteiger partial charge is 0.338 e. The highest BCUT2D eigenvalue weighted by molar-refractivity contribution is 6.37. The van der Waals surface area contributed by atoms with E-state index in [1.165, 1.54) is 0 Å². The molecule has 4 saturated carbocycles. The lowest BCUT2D eigenvalue weighted by Gasteiger charge is -2.53. The van der Waals surface area contributed by atoms with Crippen molar-refractivity contribution >= 4 is 23.2 Å². The molecule has 0 N–H and O–H groups in total. The summed E-state index contributed by atoms with van der Waals surface area (Å²) in [5.41, 5.74) is -0.431. The third-order valence-electron chi connectivity index (χ3n) is 8.03. The van der Waals surface area contributed by atoms with Crippen LogP contribution in [0.5, 0.6) is 0 Å². The van der Waals surface area contributed by atoms with E-state index in [2.05, 4.69) is 6.92 Å². The van der Waals surface area contributed by atoms with Crippen LogP contribution in [0.4, 0.5) is 0 Å². The summed E-state index contributed by atoms with van der Waals surface area (Å²) in [5.74, 6) is 2.81. The average Bonchev–Trinajstić information content (AvgIpc) is 3.01. The number of ketones is 2. The van der Waals surface area contributed by atoms with Gasteiger partial charge >= 0.3 is 0 Å². The molecule has 0 bridgehead atoms. The number of rotatable bonds is 0. The molecule has 1 heterocycles. The minimum atomic E-state index is -0.993. The molecule has 0 aromatic rings. The van der Waals surface area contributed by atoms with Gasteiger partial charge in [-0.3, -0.25) is 9.59 Å². The molecular weight excluding hydrogens is 300 g/mol. The highest BCUT2D eigenvalue weighted by Crippen LogP contribution is 2.71. The van der Waals surface area contributed by atoms with Crippen LogP contribution in [0, 0.1) is 29.1 Å². The molecule has 1 aliphatic heterocycles. The Labute approximate surface area is 136 Å². The summed E-state index contributed by atoms with van der Waals surface area (Å²) in [5, 5.41) is -0.993. The lowest BCUT2D eigenvalue weighted by Crippen LogP contribution is -2.54. The quantitative estimate of drug-likeness (QED) is 0.507. The number of epoxide rings is 1. The predicted octanol–water partition coefficient (Wildman–Crippen LogP) is 3.48. The number of Topliss-reactive ketones (excluding diaryl/α,β-unsaturated/α-hetero) is 2. The number of ether oxygens (including phenoxy) is 1. The highest BCUT2D eigenvalue weighted by Gasteiger charge is 2.80. The van der Waals surface area contributed by atoms with Gasteiger partial charge in [-0.15, -0.1) is 0 Å². The zero-order valence-electron chi connectivity index (χ0n) is 13.1.